The first-order valence-electron chi connectivity index (χ1n) is 3.70. The SMILES string of the molecule is O=C(O)c1c(Br)oc2ccc(F)cc12. The number of carboxylic acids is 1. The predicted octanol–water partition coefficient (Wildman–Crippen LogP) is 3.03. The quantitative estimate of drug-likeness (QED) is 0.856. The van der Waals surface area contributed by atoms with Gasteiger partial charge >= 0.3 is 5.97 Å². The minimum absolute atomic E-state index is 0.0560. The largest absolute Gasteiger partial charge is 0.478 e. The standard InChI is InChI=1S/C9H4BrFO3/c10-8-7(9(12)13)5-3-4(11)1-2-6(5)14-8/h1-3H,(H,12,13). The van der Waals surface area contributed by atoms with Crippen molar-refractivity contribution in [1.29, 1.82) is 0 Å². The van der Waals surface area contributed by atoms with Gasteiger partial charge in [0, 0.05) is 5.39 Å². The normalized spacial score (nSPS) is 10.7. The molecule has 3 nitrogen and oxygen atoms in total. The molecule has 14 heavy (non-hydrogen) atoms. The second kappa shape index (κ2) is 3.09. The van der Waals surface area contributed by atoms with Crippen LogP contribution in [0.2, 0.25) is 0 Å². The van der Waals surface area contributed by atoms with Gasteiger partial charge in [-0.3, -0.25) is 0 Å². The van der Waals surface area contributed by atoms with E-state index in [1.54, 1.807) is 0 Å². The van der Waals surface area contributed by atoms with Crippen LogP contribution < -0.4 is 0 Å². The Kier molecular flexibility index (Phi) is 2.03. The van der Waals surface area contributed by atoms with Crippen LogP contribution >= 0.6 is 15.9 Å². The minimum atomic E-state index is -1.15. The molecule has 0 aliphatic carbocycles. The van der Waals surface area contributed by atoms with Crippen molar-refractivity contribution >= 4 is 32.9 Å². The summed E-state index contributed by atoms with van der Waals surface area (Å²) in [6.45, 7) is 0. The number of hydrogen-bond donors (Lipinski definition) is 1. The smallest absolute Gasteiger partial charge is 0.340 e. The maximum atomic E-state index is 12.8. The summed E-state index contributed by atoms with van der Waals surface area (Å²) in [6, 6.07) is 3.73. The third kappa shape index (κ3) is 1.29. The van der Waals surface area contributed by atoms with Crippen LogP contribution in [0.4, 0.5) is 4.39 Å². The first kappa shape index (κ1) is 9.21. The van der Waals surface area contributed by atoms with Gasteiger partial charge in [-0.25, -0.2) is 9.18 Å². The lowest BCUT2D eigenvalue weighted by Gasteiger charge is -1.90. The van der Waals surface area contributed by atoms with Crippen molar-refractivity contribution in [3.63, 3.8) is 0 Å². The van der Waals surface area contributed by atoms with Crippen molar-refractivity contribution in [2.45, 2.75) is 0 Å². The second-order valence-corrected chi connectivity index (χ2v) is 3.42. The molecule has 1 heterocycles. The zero-order valence-corrected chi connectivity index (χ0v) is 8.34. The number of furan rings is 1. The highest BCUT2D eigenvalue weighted by molar-refractivity contribution is 9.10. The molecule has 0 atom stereocenters. The van der Waals surface area contributed by atoms with Gasteiger partial charge in [-0.15, -0.1) is 0 Å². The molecule has 0 bridgehead atoms. The number of aromatic carboxylic acids is 1. The van der Waals surface area contributed by atoms with Crippen LogP contribution in [0, 0.1) is 5.82 Å². The summed E-state index contributed by atoms with van der Waals surface area (Å²) in [6.07, 6.45) is 0. The molecule has 0 saturated heterocycles. The third-order valence-corrected chi connectivity index (χ3v) is 2.38. The molecule has 2 rings (SSSR count). The van der Waals surface area contributed by atoms with Gasteiger partial charge in [-0.1, -0.05) is 0 Å². The molecule has 72 valence electrons. The monoisotopic (exact) mass is 258 g/mol. The molecular formula is C9H4BrFO3. The predicted molar refractivity (Wildman–Crippen MR) is 50.8 cm³/mol. The average Bonchev–Trinajstić information content (AvgIpc) is 2.40. The number of carboxylic acid groups (broad SMARTS) is 1. The molecule has 5 heteroatoms. The van der Waals surface area contributed by atoms with E-state index in [-0.39, 0.29) is 15.6 Å². The highest BCUT2D eigenvalue weighted by Crippen LogP contribution is 2.30. The van der Waals surface area contributed by atoms with Gasteiger partial charge in [0.1, 0.15) is 17.0 Å². The number of fused-ring (bicyclic) bond motifs is 1. The van der Waals surface area contributed by atoms with Crippen LogP contribution in [0.5, 0.6) is 0 Å². The first-order valence-corrected chi connectivity index (χ1v) is 4.49. The molecule has 0 spiro atoms. The van der Waals surface area contributed by atoms with Crippen molar-refractivity contribution in [3.8, 4) is 0 Å². The maximum Gasteiger partial charge on any atom is 0.340 e. The number of rotatable bonds is 1. The Balaban J connectivity index is 2.86. The number of halogens is 2. The molecule has 0 radical (unpaired) electrons. The van der Waals surface area contributed by atoms with Crippen LogP contribution in [-0.2, 0) is 0 Å². The molecule has 0 aliphatic heterocycles. The van der Waals surface area contributed by atoms with Crippen molar-refractivity contribution in [2.24, 2.45) is 0 Å². The number of carbonyl (C=O) groups is 1. The molecule has 0 amide bonds. The molecule has 1 aromatic carbocycles. The van der Waals surface area contributed by atoms with Crippen LogP contribution in [-0.4, -0.2) is 11.1 Å². The molecule has 0 unspecified atom stereocenters. The van der Waals surface area contributed by atoms with Crippen molar-refractivity contribution in [3.05, 3.63) is 34.2 Å². The molecule has 0 fully saturated rings. The Labute approximate surface area is 86.3 Å². The van der Waals surface area contributed by atoms with Gasteiger partial charge < -0.3 is 9.52 Å². The van der Waals surface area contributed by atoms with E-state index in [2.05, 4.69) is 15.9 Å². The Morgan fingerprint density at radius 2 is 2.21 bits per heavy atom. The van der Waals surface area contributed by atoms with Gasteiger partial charge in [-0.05, 0) is 34.1 Å². The third-order valence-electron chi connectivity index (χ3n) is 1.82. The van der Waals surface area contributed by atoms with E-state index < -0.39 is 11.8 Å². The fraction of sp³-hybridized carbons (Fsp3) is 0. The van der Waals surface area contributed by atoms with Gasteiger partial charge in [0.15, 0.2) is 4.67 Å². The molecule has 1 aromatic heterocycles. The van der Waals surface area contributed by atoms with E-state index >= 15 is 0 Å². The van der Waals surface area contributed by atoms with E-state index in [9.17, 15) is 9.18 Å². The lowest BCUT2D eigenvalue weighted by Crippen LogP contribution is -1.95. The van der Waals surface area contributed by atoms with Crippen molar-refractivity contribution in [1.82, 2.24) is 0 Å². The summed E-state index contributed by atoms with van der Waals surface area (Å²) in [4.78, 5) is 10.8. The van der Waals surface area contributed by atoms with Gasteiger partial charge in [0.2, 0.25) is 0 Å². The van der Waals surface area contributed by atoms with Crippen molar-refractivity contribution < 1.29 is 18.7 Å². The van der Waals surface area contributed by atoms with Crippen LogP contribution in [0.25, 0.3) is 11.0 Å². The fourth-order valence-electron chi connectivity index (χ4n) is 1.24. The zero-order chi connectivity index (χ0) is 10.3. The van der Waals surface area contributed by atoms with Crippen LogP contribution in [0.3, 0.4) is 0 Å². The minimum Gasteiger partial charge on any atom is -0.478 e. The summed E-state index contributed by atoms with van der Waals surface area (Å²) in [5.41, 5.74) is 0.287. The van der Waals surface area contributed by atoms with Crippen molar-refractivity contribution in [2.75, 3.05) is 0 Å². The Morgan fingerprint density at radius 3 is 2.86 bits per heavy atom. The summed E-state index contributed by atoms with van der Waals surface area (Å²) in [7, 11) is 0. The van der Waals surface area contributed by atoms with Gasteiger partial charge in [-0.2, -0.15) is 0 Å². The van der Waals surface area contributed by atoms with Gasteiger partial charge in [0.05, 0.1) is 0 Å². The van der Waals surface area contributed by atoms with E-state index in [4.69, 9.17) is 9.52 Å². The van der Waals surface area contributed by atoms with E-state index in [1.807, 2.05) is 0 Å². The lowest BCUT2D eigenvalue weighted by atomic mass is 10.2. The van der Waals surface area contributed by atoms with E-state index in [0.29, 0.717) is 5.58 Å². The topological polar surface area (TPSA) is 50.4 Å². The fourth-order valence-corrected chi connectivity index (χ4v) is 1.80. The Morgan fingerprint density at radius 1 is 1.50 bits per heavy atom. The molecule has 0 aliphatic rings. The number of benzene rings is 1. The summed E-state index contributed by atoms with van der Waals surface area (Å²) >= 11 is 2.96. The van der Waals surface area contributed by atoms with E-state index in [1.165, 1.54) is 12.1 Å². The second-order valence-electron chi connectivity index (χ2n) is 2.70. The molecule has 1 N–H and O–H groups in total. The summed E-state index contributed by atoms with van der Waals surface area (Å²) in [5, 5.41) is 9.09. The molecule has 0 saturated carbocycles. The van der Waals surface area contributed by atoms with Crippen LogP contribution in [0.15, 0.2) is 27.3 Å². The van der Waals surface area contributed by atoms with Crippen LogP contribution in [0.1, 0.15) is 10.4 Å². The highest BCUT2D eigenvalue weighted by Gasteiger charge is 2.18. The van der Waals surface area contributed by atoms with E-state index in [0.717, 1.165) is 6.07 Å². The first-order chi connectivity index (χ1) is 6.59. The molecule has 2 aromatic rings. The highest BCUT2D eigenvalue weighted by atomic mass is 79.9. The van der Waals surface area contributed by atoms with Gasteiger partial charge in [0.25, 0.3) is 0 Å². The lowest BCUT2D eigenvalue weighted by molar-refractivity contribution is 0.0696. The Bertz CT molecular complexity index is 518. The summed E-state index contributed by atoms with van der Waals surface area (Å²) in [5.74, 6) is -1.64. The Hall–Kier alpha value is -1.36. The molecular weight excluding hydrogens is 255 g/mol. The summed E-state index contributed by atoms with van der Waals surface area (Å²) < 4.78 is 18.0. The maximum absolute atomic E-state index is 12.8. The average molecular weight is 259 g/mol. The zero-order valence-electron chi connectivity index (χ0n) is 6.75. The number of hydrogen-bond acceptors (Lipinski definition) is 2.